The van der Waals surface area contributed by atoms with Crippen LogP contribution in [-0.4, -0.2) is 33.4 Å². The zero-order valence-electron chi connectivity index (χ0n) is 15.9. The van der Waals surface area contributed by atoms with Gasteiger partial charge in [0, 0.05) is 0 Å². The number of carboxylic acid groups (broad SMARTS) is 2. The fraction of sp³-hybridized carbons (Fsp3) is 0.900. The van der Waals surface area contributed by atoms with E-state index >= 15 is 0 Å². The Labute approximate surface area is 150 Å². The second kappa shape index (κ2) is 5.70. The van der Waals surface area contributed by atoms with Crippen molar-refractivity contribution >= 4 is 11.9 Å². The summed E-state index contributed by atoms with van der Waals surface area (Å²) in [6.07, 6.45) is 6.07. The quantitative estimate of drug-likeness (QED) is 0.799. The van der Waals surface area contributed by atoms with Crippen LogP contribution >= 0.6 is 0 Å². The monoisotopic (exact) mass is 352 g/mol. The molecule has 25 heavy (non-hydrogen) atoms. The summed E-state index contributed by atoms with van der Waals surface area (Å²) < 4.78 is 6.49. The second-order valence-electron chi connectivity index (χ2n) is 9.70. The molecule has 1 heterocycles. The first-order chi connectivity index (χ1) is 11.5. The van der Waals surface area contributed by atoms with E-state index in [0.29, 0.717) is 5.92 Å². The van der Waals surface area contributed by atoms with Gasteiger partial charge in [-0.05, 0) is 76.5 Å². The van der Waals surface area contributed by atoms with Crippen LogP contribution in [0.4, 0.5) is 0 Å². The summed E-state index contributed by atoms with van der Waals surface area (Å²) in [5.74, 6) is -1.03. The third-order valence-electron chi connectivity index (χ3n) is 7.89. The molecule has 0 aromatic rings. The Bertz CT molecular complexity index is 589. The highest BCUT2D eigenvalue weighted by atomic mass is 16.5. The predicted molar refractivity (Wildman–Crippen MR) is 93.3 cm³/mol. The average Bonchev–Trinajstić information content (AvgIpc) is 2.44. The Morgan fingerprint density at radius 1 is 0.960 bits per heavy atom. The predicted octanol–water partition coefficient (Wildman–Crippen LogP) is 4.10. The van der Waals surface area contributed by atoms with Gasteiger partial charge in [0.15, 0.2) is 0 Å². The van der Waals surface area contributed by atoms with Crippen LogP contribution in [0.15, 0.2) is 0 Å². The van der Waals surface area contributed by atoms with E-state index in [0.717, 1.165) is 44.9 Å². The van der Waals surface area contributed by atoms with Crippen molar-refractivity contribution in [2.45, 2.75) is 90.3 Å². The van der Waals surface area contributed by atoms with Gasteiger partial charge in [0.05, 0.1) is 23.0 Å². The number of hydrogen-bond donors (Lipinski definition) is 2. The Balaban J connectivity index is 1.92. The van der Waals surface area contributed by atoms with Gasteiger partial charge in [-0.15, -0.1) is 0 Å². The lowest BCUT2D eigenvalue weighted by molar-refractivity contribution is -0.267. The third kappa shape index (κ3) is 2.79. The third-order valence-corrected chi connectivity index (χ3v) is 7.89. The van der Waals surface area contributed by atoms with Crippen molar-refractivity contribution in [2.75, 3.05) is 0 Å². The van der Waals surface area contributed by atoms with Crippen molar-refractivity contribution in [3.63, 3.8) is 0 Å². The molecule has 1 saturated heterocycles. The summed E-state index contributed by atoms with van der Waals surface area (Å²) in [5, 5.41) is 19.1. The van der Waals surface area contributed by atoms with Crippen molar-refractivity contribution in [1.82, 2.24) is 0 Å². The lowest BCUT2D eigenvalue weighted by Gasteiger charge is -2.64. The molecule has 5 heteroatoms. The first-order valence-corrected chi connectivity index (χ1v) is 9.61. The van der Waals surface area contributed by atoms with E-state index in [9.17, 15) is 19.8 Å². The molecule has 0 bridgehead atoms. The standard InChI is InChI=1S/C20H32O5/c1-17(12-15(21)22)10-6-14-18(2)8-5-9-19(3,16(23)24)13(18)7-11-20(14,4)25-17/h13-14H,5-12H2,1-4H3,(H,21,22)(H,23,24). The SMILES string of the molecule is CC1(CC(=O)O)CCC2C(C)(CCC3C(C)(C(=O)O)CCCC23C)O1. The van der Waals surface area contributed by atoms with Crippen LogP contribution in [0.3, 0.4) is 0 Å². The van der Waals surface area contributed by atoms with E-state index in [1.165, 1.54) is 0 Å². The second-order valence-corrected chi connectivity index (χ2v) is 9.70. The minimum atomic E-state index is -0.819. The average molecular weight is 352 g/mol. The molecule has 6 unspecified atom stereocenters. The van der Waals surface area contributed by atoms with Gasteiger partial charge in [-0.25, -0.2) is 0 Å². The van der Waals surface area contributed by atoms with Crippen molar-refractivity contribution in [3.8, 4) is 0 Å². The normalized spacial score (nSPS) is 49.8. The smallest absolute Gasteiger partial charge is 0.309 e. The zero-order chi connectivity index (χ0) is 18.7. The van der Waals surface area contributed by atoms with Gasteiger partial charge in [-0.3, -0.25) is 9.59 Å². The van der Waals surface area contributed by atoms with Gasteiger partial charge >= 0.3 is 11.9 Å². The maximum Gasteiger partial charge on any atom is 0.309 e. The van der Waals surface area contributed by atoms with E-state index in [-0.39, 0.29) is 23.4 Å². The van der Waals surface area contributed by atoms with Gasteiger partial charge in [-0.2, -0.15) is 0 Å². The molecule has 1 aliphatic heterocycles. The fourth-order valence-electron chi connectivity index (χ4n) is 6.80. The number of hydrogen-bond acceptors (Lipinski definition) is 3. The van der Waals surface area contributed by atoms with Crippen LogP contribution in [0.2, 0.25) is 0 Å². The van der Waals surface area contributed by atoms with Crippen molar-refractivity contribution in [3.05, 3.63) is 0 Å². The van der Waals surface area contributed by atoms with E-state index < -0.39 is 23.0 Å². The Morgan fingerprint density at radius 2 is 1.60 bits per heavy atom. The molecule has 2 N–H and O–H groups in total. The van der Waals surface area contributed by atoms with E-state index in [4.69, 9.17) is 4.74 Å². The van der Waals surface area contributed by atoms with Gasteiger partial charge in [-0.1, -0.05) is 13.3 Å². The lowest BCUT2D eigenvalue weighted by atomic mass is 9.44. The summed E-state index contributed by atoms with van der Waals surface area (Å²) >= 11 is 0. The topological polar surface area (TPSA) is 83.8 Å². The molecule has 6 atom stereocenters. The number of ether oxygens (including phenoxy) is 1. The molecule has 0 amide bonds. The van der Waals surface area contributed by atoms with Crippen LogP contribution in [-0.2, 0) is 14.3 Å². The summed E-state index contributed by atoms with van der Waals surface area (Å²) in [5.41, 5.74) is -1.69. The molecule has 3 fully saturated rings. The Morgan fingerprint density at radius 3 is 2.20 bits per heavy atom. The van der Waals surface area contributed by atoms with Crippen LogP contribution in [0.25, 0.3) is 0 Å². The van der Waals surface area contributed by atoms with Crippen molar-refractivity contribution < 1.29 is 24.5 Å². The van der Waals surface area contributed by atoms with Gasteiger partial charge < -0.3 is 14.9 Å². The Kier molecular flexibility index (Phi) is 4.26. The molecule has 2 aliphatic carbocycles. The summed E-state index contributed by atoms with van der Waals surface area (Å²) in [6.45, 7) is 8.24. The minimum Gasteiger partial charge on any atom is -0.481 e. The number of carbonyl (C=O) groups is 2. The Hall–Kier alpha value is -1.10. The zero-order valence-corrected chi connectivity index (χ0v) is 15.9. The van der Waals surface area contributed by atoms with E-state index in [1.807, 2.05) is 13.8 Å². The highest BCUT2D eigenvalue weighted by Gasteiger charge is 2.64. The highest BCUT2D eigenvalue weighted by Crippen LogP contribution is 2.65. The molecule has 0 radical (unpaired) electrons. The van der Waals surface area contributed by atoms with Gasteiger partial charge in [0.25, 0.3) is 0 Å². The molecule has 0 spiro atoms. The first-order valence-electron chi connectivity index (χ1n) is 9.61. The fourth-order valence-corrected chi connectivity index (χ4v) is 6.80. The number of fused-ring (bicyclic) bond motifs is 3. The number of carboxylic acids is 2. The summed E-state index contributed by atoms with van der Waals surface area (Å²) in [7, 11) is 0. The minimum absolute atomic E-state index is 0.0301. The van der Waals surface area contributed by atoms with Crippen molar-refractivity contribution in [1.29, 1.82) is 0 Å². The largest absolute Gasteiger partial charge is 0.481 e. The van der Waals surface area contributed by atoms with Crippen LogP contribution in [0, 0.1) is 22.7 Å². The summed E-state index contributed by atoms with van der Waals surface area (Å²) in [4.78, 5) is 23.3. The van der Waals surface area contributed by atoms with Gasteiger partial charge in [0.2, 0.25) is 0 Å². The van der Waals surface area contributed by atoms with Crippen LogP contribution in [0.1, 0.15) is 79.1 Å². The number of aliphatic carboxylic acids is 2. The highest BCUT2D eigenvalue weighted by molar-refractivity contribution is 5.75. The summed E-state index contributed by atoms with van der Waals surface area (Å²) in [6, 6.07) is 0. The molecule has 0 aromatic heterocycles. The van der Waals surface area contributed by atoms with Crippen LogP contribution < -0.4 is 0 Å². The molecular weight excluding hydrogens is 320 g/mol. The molecule has 142 valence electrons. The van der Waals surface area contributed by atoms with Crippen molar-refractivity contribution in [2.24, 2.45) is 22.7 Å². The molecular formula is C20H32O5. The molecule has 2 saturated carbocycles. The maximum absolute atomic E-state index is 12.0. The first kappa shape index (κ1) is 18.7. The lowest BCUT2D eigenvalue weighted by Crippen LogP contribution is -2.64. The van der Waals surface area contributed by atoms with E-state index in [1.54, 1.807) is 0 Å². The van der Waals surface area contributed by atoms with Crippen LogP contribution in [0.5, 0.6) is 0 Å². The molecule has 0 aromatic carbocycles. The molecule has 3 aliphatic rings. The maximum atomic E-state index is 12.0. The van der Waals surface area contributed by atoms with E-state index in [2.05, 4.69) is 13.8 Å². The van der Waals surface area contributed by atoms with Gasteiger partial charge in [0.1, 0.15) is 0 Å². The molecule has 5 nitrogen and oxygen atoms in total. The molecule has 3 rings (SSSR count). The number of rotatable bonds is 3.